The van der Waals surface area contributed by atoms with Gasteiger partial charge in [-0.1, -0.05) is 59.1 Å². The van der Waals surface area contributed by atoms with Crippen LogP contribution < -0.4 is 5.32 Å². The quantitative estimate of drug-likeness (QED) is 0.585. The maximum atomic E-state index is 4.93. The normalized spacial score (nSPS) is 14.9. The molecule has 0 atom stereocenters. The summed E-state index contributed by atoms with van der Waals surface area (Å²) in [5.41, 5.74) is 3.26. The van der Waals surface area contributed by atoms with Crippen LogP contribution in [0.15, 0.2) is 65.1 Å². The predicted octanol–water partition coefficient (Wildman–Crippen LogP) is 6.17. The molecule has 1 fully saturated rings. The zero-order valence-electron chi connectivity index (χ0n) is 13.5. The number of halogens is 1. The molecule has 0 radical (unpaired) electrons. The average Bonchev–Trinajstić information content (AvgIpc) is 3.26. The number of aromatic nitrogens is 2. The summed E-state index contributed by atoms with van der Waals surface area (Å²) in [5.74, 6) is 1.08. The minimum Gasteiger partial charge on any atom is -0.340 e. The van der Waals surface area contributed by atoms with Crippen molar-refractivity contribution in [2.24, 2.45) is 0 Å². The van der Waals surface area contributed by atoms with Gasteiger partial charge in [-0.15, -0.1) is 0 Å². The van der Waals surface area contributed by atoms with Crippen molar-refractivity contribution in [1.29, 1.82) is 0 Å². The van der Waals surface area contributed by atoms with Gasteiger partial charge < -0.3 is 5.32 Å². The lowest BCUT2D eigenvalue weighted by molar-refractivity contribution is 0.474. The Morgan fingerprint density at radius 3 is 2.38 bits per heavy atom. The van der Waals surface area contributed by atoms with Gasteiger partial charge in [-0.2, -0.15) is 5.10 Å². The van der Waals surface area contributed by atoms with Gasteiger partial charge in [-0.05, 0) is 37.1 Å². The van der Waals surface area contributed by atoms with Gasteiger partial charge in [0.05, 0.1) is 11.7 Å². The van der Waals surface area contributed by atoms with Gasteiger partial charge >= 0.3 is 0 Å². The minimum atomic E-state index is 0.500. The summed E-state index contributed by atoms with van der Waals surface area (Å²) in [6.07, 6.45) is 5.02. The van der Waals surface area contributed by atoms with Crippen molar-refractivity contribution in [3.63, 3.8) is 0 Å². The number of hydrogen-bond donors (Lipinski definition) is 1. The second-order valence-corrected chi connectivity index (χ2v) is 7.21. The first-order valence-corrected chi connectivity index (χ1v) is 9.26. The van der Waals surface area contributed by atoms with Crippen molar-refractivity contribution < 1.29 is 0 Å². The molecule has 3 nitrogen and oxygen atoms in total. The van der Waals surface area contributed by atoms with E-state index in [2.05, 4.69) is 68.4 Å². The minimum absolute atomic E-state index is 0.500. The monoisotopic (exact) mass is 381 g/mol. The molecule has 0 unspecified atom stereocenters. The SMILES string of the molecule is Brc1ccc(-c2cc(Nc3ccccc3)n(C3CCCC3)n2)cc1. The maximum absolute atomic E-state index is 4.93. The van der Waals surface area contributed by atoms with E-state index < -0.39 is 0 Å². The first-order valence-electron chi connectivity index (χ1n) is 8.47. The Balaban J connectivity index is 1.71. The lowest BCUT2D eigenvalue weighted by Crippen LogP contribution is -2.10. The van der Waals surface area contributed by atoms with E-state index in [1.807, 2.05) is 18.2 Å². The van der Waals surface area contributed by atoms with Crippen molar-refractivity contribution in [1.82, 2.24) is 9.78 Å². The molecule has 0 aliphatic heterocycles. The van der Waals surface area contributed by atoms with Crippen molar-refractivity contribution in [2.45, 2.75) is 31.7 Å². The highest BCUT2D eigenvalue weighted by Gasteiger charge is 2.21. The van der Waals surface area contributed by atoms with E-state index >= 15 is 0 Å². The molecule has 0 amide bonds. The smallest absolute Gasteiger partial charge is 0.129 e. The lowest BCUT2D eigenvalue weighted by Gasteiger charge is -2.15. The molecule has 1 saturated carbocycles. The summed E-state index contributed by atoms with van der Waals surface area (Å²) in [5, 5.41) is 8.47. The van der Waals surface area contributed by atoms with Crippen LogP contribution in [0.25, 0.3) is 11.3 Å². The van der Waals surface area contributed by atoms with Crippen LogP contribution in [0.4, 0.5) is 11.5 Å². The molecule has 0 spiro atoms. The zero-order chi connectivity index (χ0) is 16.4. The third-order valence-corrected chi connectivity index (χ3v) is 5.12. The van der Waals surface area contributed by atoms with Crippen LogP contribution in [0.3, 0.4) is 0 Å². The molecule has 1 heterocycles. The summed E-state index contributed by atoms with van der Waals surface area (Å²) in [6, 6.07) is 21.3. The van der Waals surface area contributed by atoms with Crippen LogP contribution >= 0.6 is 15.9 Å². The van der Waals surface area contributed by atoms with Crippen LogP contribution in [-0.2, 0) is 0 Å². The fraction of sp³-hybridized carbons (Fsp3) is 0.250. The maximum Gasteiger partial charge on any atom is 0.129 e. The molecule has 2 aromatic carbocycles. The fourth-order valence-electron chi connectivity index (χ4n) is 3.35. The molecule has 24 heavy (non-hydrogen) atoms. The standard InChI is InChI=1S/C20H20BrN3/c21-16-12-10-15(11-13-16)19-14-20(22-17-6-2-1-3-7-17)24(23-19)18-8-4-5-9-18/h1-3,6-7,10-14,18,22H,4-5,8-9H2. The van der Waals surface area contributed by atoms with Gasteiger partial charge in [0.25, 0.3) is 0 Å². The number of rotatable bonds is 4. The van der Waals surface area contributed by atoms with Crippen LogP contribution in [0, 0.1) is 0 Å². The van der Waals surface area contributed by atoms with Crippen molar-refractivity contribution in [3.05, 3.63) is 65.1 Å². The summed E-state index contributed by atoms with van der Waals surface area (Å²) < 4.78 is 3.28. The van der Waals surface area contributed by atoms with E-state index in [1.54, 1.807) is 0 Å². The van der Waals surface area contributed by atoms with Crippen molar-refractivity contribution in [3.8, 4) is 11.3 Å². The van der Waals surface area contributed by atoms with E-state index in [0.29, 0.717) is 6.04 Å². The molecule has 1 aromatic heterocycles. The molecule has 122 valence electrons. The van der Waals surface area contributed by atoms with E-state index in [0.717, 1.165) is 27.2 Å². The lowest BCUT2D eigenvalue weighted by atomic mass is 10.1. The Hall–Kier alpha value is -2.07. The zero-order valence-corrected chi connectivity index (χ0v) is 15.0. The van der Waals surface area contributed by atoms with Crippen LogP contribution in [0.2, 0.25) is 0 Å². The van der Waals surface area contributed by atoms with E-state index in [9.17, 15) is 0 Å². The Kier molecular flexibility index (Phi) is 4.39. The molecule has 3 aromatic rings. The van der Waals surface area contributed by atoms with Gasteiger partial charge in [0.15, 0.2) is 0 Å². The van der Waals surface area contributed by atoms with Crippen LogP contribution in [0.5, 0.6) is 0 Å². The highest BCUT2D eigenvalue weighted by molar-refractivity contribution is 9.10. The van der Waals surface area contributed by atoms with Gasteiger partial charge in [0.2, 0.25) is 0 Å². The third-order valence-electron chi connectivity index (χ3n) is 4.59. The third kappa shape index (κ3) is 3.24. The molecule has 1 aliphatic rings. The molecule has 1 aliphatic carbocycles. The van der Waals surface area contributed by atoms with Crippen molar-refractivity contribution in [2.75, 3.05) is 5.32 Å². The molecule has 0 saturated heterocycles. The van der Waals surface area contributed by atoms with Gasteiger partial charge in [-0.3, -0.25) is 0 Å². The molecular formula is C20H20BrN3. The first kappa shape index (κ1) is 15.5. The van der Waals surface area contributed by atoms with E-state index in [-0.39, 0.29) is 0 Å². The Bertz CT molecular complexity index is 803. The van der Waals surface area contributed by atoms with Crippen LogP contribution in [-0.4, -0.2) is 9.78 Å². The number of hydrogen-bond acceptors (Lipinski definition) is 2. The van der Waals surface area contributed by atoms with E-state index in [4.69, 9.17) is 5.10 Å². The number of anilines is 2. The summed E-state index contributed by atoms with van der Waals surface area (Å²) in [7, 11) is 0. The van der Waals surface area contributed by atoms with Crippen molar-refractivity contribution >= 4 is 27.4 Å². The highest BCUT2D eigenvalue weighted by Crippen LogP contribution is 2.35. The van der Waals surface area contributed by atoms with E-state index in [1.165, 1.54) is 25.7 Å². The van der Waals surface area contributed by atoms with Crippen LogP contribution in [0.1, 0.15) is 31.7 Å². The number of para-hydroxylation sites is 1. The molecule has 1 N–H and O–H groups in total. The molecule has 0 bridgehead atoms. The Morgan fingerprint density at radius 1 is 0.958 bits per heavy atom. The fourth-order valence-corrected chi connectivity index (χ4v) is 3.61. The number of benzene rings is 2. The van der Waals surface area contributed by atoms with Gasteiger partial charge in [-0.25, -0.2) is 4.68 Å². The predicted molar refractivity (Wildman–Crippen MR) is 103 cm³/mol. The second kappa shape index (κ2) is 6.81. The number of nitrogens with one attached hydrogen (secondary N) is 1. The summed E-state index contributed by atoms with van der Waals surface area (Å²) >= 11 is 3.50. The van der Waals surface area contributed by atoms with Gasteiger partial charge in [0.1, 0.15) is 5.82 Å². The molecular weight excluding hydrogens is 362 g/mol. The topological polar surface area (TPSA) is 29.9 Å². The Labute approximate surface area is 150 Å². The first-order chi connectivity index (χ1) is 11.8. The summed E-state index contributed by atoms with van der Waals surface area (Å²) in [6.45, 7) is 0. The number of nitrogens with zero attached hydrogens (tertiary/aromatic N) is 2. The average molecular weight is 382 g/mol. The molecule has 4 heteroatoms. The van der Waals surface area contributed by atoms with Gasteiger partial charge in [0, 0.05) is 21.8 Å². The highest BCUT2D eigenvalue weighted by atomic mass is 79.9. The summed E-state index contributed by atoms with van der Waals surface area (Å²) in [4.78, 5) is 0. The largest absolute Gasteiger partial charge is 0.340 e. The Morgan fingerprint density at radius 2 is 1.67 bits per heavy atom. The molecule has 4 rings (SSSR count). The second-order valence-electron chi connectivity index (χ2n) is 6.30.